The second-order valence-electron chi connectivity index (χ2n) is 8.58. The quantitative estimate of drug-likeness (QED) is 0.261. The Morgan fingerprint density at radius 1 is 0.727 bits per heavy atom. The van der Waals surface area contributed by atoms with Crippen LogP contribution in [0.1, 0.15) is 10.0 Å². The molecule has 1 aromatic carbocycles. The smallest absolute Gasteiger partial charge is 0.146 e. The fourth-order valence-corrected chi connectivity index (χ4v) is 8.70. The average molecular weight is 679 g/mol. The van der Waals surface area contributed by atoms with Gasteiger partial charge in [-0.1, -0.05) is 0 Å². The summed E-state index contributed by atoms with van der Waals surface area (Å²) < 4.78 is 16.2. The van der Waals surface area contributed by atoms with Crippen molar-refractivity contribution in [1.82, 2.24) is 18.7 Å². The molecule has 208 valence electrons. The highest BCUT2D eigenvalue weighted by molar-refractivity contribution is 7.47. The number of aromatic nitrogens is 4. The van der Waals surface area contributed by atoms with Crippen LogP contribution < -0.4 is 23.9 Å². The van der Waals surface area contributed by atoms with Crippen LogP contribution >= 0.6 is 57.1 Å². The van der Waals surface area contributed by atoms with E-state index in [2.05, 4.69) is 23.1 Å². The maximum absolute atomic E-state index is 9.15. The largest absolute Gasteiger partial charge is 0.396 e. The lowest BCUT2D eigenvalue weighted by atomic mass is 10.0. The zero-order valence-electron chi connectivity index (χ0n) is 21.7. The molecule has 0 fully saturated rings. The van der Waals surface area contributed by atoms with E-state index in [1.54, 1.807) is 24.5 Å². The molecule has 0 aliphatic rings. The van der Waals surface area contributed by atoms with Gasteiger partial charge >= 0.3 is 0 Å². The summed E-state index contributed by atoms with van der Waals surface area (Å²) in [7, 11) is 0. The molecule has 5 heterocycles. The van der Waals surface area contributed by atoms with Gasteiger partial charge < -0.3 is 5.73 Å². The number of anilines is 1. The van der Waals surface area contributed by atoms with Gasteiger partial charge in [-0.25, -0.2) is 9.97 Å². The van der Waals surface area contributed by atoms with E-state index in [0.717, 1.165) is 30.5 Å². The second kappa shape index (κ2) is 12.3. The van der Waals surface area contributed by atoms with Gasteiger partial charge in [0.15, 0.2) is 0 Å². The highest BCUT2D eigenvalue weighted by atomic mass is 32.1. The average Bonchev–Trinajstić information content (AvgIpc) is 3.86. The minimum Gasteiger partial charge on any atom is -0.396 e. The molecule has 0 amide bonds. The lowest BCUT2D eigenvalue weighted by Gasteiger charge is -2.11. The third-order valence-corrected chi connectivity index (χ3v) is 10.8. The second-order valence-corrected chi connectivity index (χ2v) is 13.6. The summed E-state index contributed by atoms with van der Waals surface area (Å²) in [5.74, 6) is 0. The van der Waals surface area contributed by atoms with Crippen LogP contribution in [0.2, 0.25) is 0 Å². The number of thiophene rings is 2. The van der Waals surface area contributed by atoms with Crippen LogP contribution in [0.15, 0.2) is 41.0 Å². The molecule has 0 unspecified atom stereocenters. The Bertz CT molecular complexity index is 2520. The van der Waals surface area contributed by atoms with E-state index in [1.165, 1.54) is 45.3 Å². The zero-order valence-corrected chi connectivity index (χ0v) is 26.6. The van der Waals surface area contributed by atoms with Crippen LogP contribution in [-0.4, -0.2) is 18.7 Å². The number of hydrogen-bond donors (Lipinski definition) is 1. The Hall–Kier alpha value is -5.04. The molecule has 44 heavy (non-hydrogen) atoms. The standard InChI is InChI=1S/C28H10N10S6/c29-7-13(8-30)17-3-1-15(40-17)5-21-34-11-19(42-21)23-25(33)26(36-39)24(28-27(23)37-44-38-28)20-12-35-22(43-20)6-16-2-4-18(41-16)14(9-31)10-32/h1-6,11-12H,33H2/b15-5-,16-6-. The molecule has 5 aromatic heterocycles. The third kappa shape index (κ3) is 5.30. The highest BCUT2D eigenvalue weighted by Gasteiger charge is 2.25. The number of nitriles is 4. The van der Waals surface area contributed by atoms with E-state index in [1.807, 2.05) is 48.6 Å². The molecule has 0 aliphatic heterocycles. The molecule has 6 aromatic rings. The fourth-order valence-electron chi connectivity index (χ4n) is 4.17. The van der Waals surface area contributed by atoms with Gasteiger partial charge in [0.25, 0.3) is 0 Å². The molecule has 0 aliphatic carbocycles. The van der Waals surface area contributed by atoms with Crippen molar-refractivity contribution in [2.75, 3.05) is 5.73 Å². The van der Waals surface area contributed by atoms with Crippen molar-refractivity contribution in [1.29, 1.82) is 21.0 Å². The molecule has 0 saturated heterocycles. The van der Waals surface area contributed by atoms with E-state index in [-0.39, 0.29) is 11.1 Å². The number of benzene rings is 1. The van der Waals surface area contributed by atoms with Gasteiger partial charge in [-0.2, -0.15) is 34.2 Å². The zero-order chi connectivity index (χ0) is 30.8. The highest BCUT2D eigenvalue weighted by Crippen LogP contribution is 2.49. The number of hydrogen-bond acceptors (Lipinski definition) is 16. The van der Waals surface area contributed by atoms with Gasteiger partial charge in [-0.3, -0.25) is 0 Å². The van der Waals surface area contributed by atoms with Gasteiger partial charge in [0.1, 0.15) is 62.2 Å². The third-order valence-electron chi connectivity index (χ3n) is 6.08. The van der Waals surface area contributed by atoms with Crippen molar-refractivity contribution < 1.29 is 0 Å². The number of nitrogens with zero attached hydrogens (tertiary/aromatic N) is 9. The molecule has 0 bridgehead atoms. The summed E-state index contributed by atoms with van der Waals surface area (Å²) in [5, 5.41) is 38.0. The Morgan fingerprint density at radius 2 is 1.20 bits per heavy atom. The topological polar surface area (TPSA) is 185 Å². The first kappa shape index (κ1) is 29.1. The first-order chi connectivity index (χ1) is 21.5. The lowest BCUT2D eigenvalue weighted by molar-refractivity contribution is 1.39. The van der Waals surface area contributed by atoms with Crippen LogP contribution in [0.3, 0.4) is 0 Å². The van der Waals surface area contributed by atoms with Gasteiger partial charge in [0, 0.05) is 39.4 Å². The first-order valence-corrected chi connectivity index (χ1v) is 16.4. The van der Waals surface area contributed by atoms with Crippen LogP contribution in [-0.2, 0) is 12.4 Å². The van der Waals surface area contributed by atoms with Gasteiger partial charge in [0.05, 0.1) is 41.8 Å². The predicted molar refractivity (Wildman–Crippen MR) is 177 cm³/mol. The van der Waals surface area contributed by atoms with Crippen LogP contribution in [0.4, 0.5) is 11.4 Å². The number of rotatable bonds is 5. The molecule has 0 atom stereocenters. The molecule has 10 nitrogen and oxygen atoms in total. The summed E-state index contributed by atoms with van der Waals surface area (Å²) in [6.07, 6.45) is 7.17. The van der Waals surface area contributed by atoms with Gasteiger partial charge in [0.2, 0.25) is 0 Å². The lowest BCUT2D eigenvalue weighted by Crippen LogP contribution is -1.96. The maximum Gasteiger partial charge on any atom is 0.146 e. The number of nitrogens with two attached hydrogens (primary N) is 1. The normalized spacial score (nSPS) is 11.5. The Kier molecular flexibility index (Phi) is 8.11. The Morgan fingerprint density at radius 3 is 1.68 bits per heavy atom. The van der Waals surface area contributed by atoms with Crippen LogP contribution in [0.5, 0.6) is 0 Å². The molecule has 0 spiro atoms. The van der Waals surface area contributed by atoms with Crippen molar-refractivity contribution in [3.8, 4) is 45.2 Å². The predicted octanol–water partition coefficient (Wildman–Crippen LogP) is 4.06. The summed E-state index contributed by atoms with van der Waals surface area (Å²) in [5.41, 5.74) is 10.1. The number of nitrogen functional groups attached to an aromatic ring is 1. The minimum atomic E-state index is 0.0650. The molecular formula is C28H10N10S6. The summed E-state index contributed by atoms with van der Waals surface area (Å²) in [6, 6.07) is 14.8. The molecule has 16 heteroatoms. The Labute approximate surface area is 273 Å². The maximum atomic E-state index is 9.15. The van der Waals surface area contributed by atoms with Gasteiger partial charge in [-0.05, 0) is 36.4 Å². The van der Waals surface area contributed by atoms with E-state index in [4.69, 9.17) is 39.2 Å². The van der Waals surface area contributed by atoms with Crippen molar-refractivity contribution in [2.24, 2.45) is 4.36 Å². The summed E-state index contributed by atoms with van der Waals surface area (Å²) in [6.45, 7) is 0. The molecule has 0 radical (unpaired) electrons. The van der Waals surface area contributed by atoms with E-state index < -0.39 is 0 Å². The fraction of sp³-hybridized carbons (Fsp3) is 0. The van der Waals surface area contributed by atoms with Gasteiger partial charge in [-0.15, -0.1) is 45.3 Å². The molecular weight excluding hydrogens is 669 g/mol. The van der Waals surface area contributed by atoms with Crippen molar-refractivity contribution in [2.45, 2.75) is 0 Å². The van der Waals surface area contributed by atoms with Crippen molar-refractivity contribution in [3.63, 3.8) is 0 Å². The number of thiazole rings is 2. The van der Waals surface area contributed by atoms with Crippen molar-refractivity contribution in [3.05, 3.63) is 64.8 Å². The SMILES string of the molecule is N#CC(C#N)=c1cc/c(=C/c2ncc(-c3c(N)c(N=S)c(-c4cnc(/C=c5/ccc(=C(C#N)C#N)s5)s4)c4nsnc34)s2)s1. The summed E-state index contributed by atoms with van der Waals surface area (Å²) in [4.78, 5) is 10.6. The van der Waals surface area contributed by atoms with E-state index >= 15 is 0 Å². The molecule has 2 N–H and O–H groups in total. The van der Waals surface area contributed by atoms with E-state index in [9.17, 15) is 0 Å². The van der Waals surface area contributed by atoms with Crippen LogP contribution in [0.25, 0.3) is 55.2 Å². The van der Waals surface area contributed by atoms with Crippen LogP contribution in [0, 0.1) is 45.3 Å². The first-order valence-electron chi connectivity index (χ1n) is 12.1. The van der Waals surface area contributed by atoms with E-state index in [0.29, 0.717) is 52.6 Å². The monoisotopic (exact) mass is 678 g/mol. The van der Waals surface area contributed by atoms with Crippen molar-refractivity contribution >= 4 is 115 Å². The number of fused-ring (bicyclic) bond motifs is 1. The molecule has 6 rings (SSSR count). The summed E-state index contributed by atoms with van der Waals surface area (Å²) >= 11 is 11.7. The molecule has 0 saturated carbocycles. The minimum absolute atomic E-state index is 0.0650. The Balaban J connectivity index is 1.43.